The van der Waals surface area contributed by atoms with Gasteiger partial charge in [-0.1, -0.05) is 17.3 Å². The molecular weight excluding hydrogens is 342 g/mol. The summed E-state index contributed by atoms with van der Waals surface area (Å²) in [5, 5.41) is 7.49. The molecule has 0 atom stereocenters. The van der Waals surface area contributed by atoms with Crippen molar-refractivity contribution in [1.82, 2.24) is 20.3 Å². The van der Waals surface area contributed by atoms with Crippen LogP contribution >= 0.6 is 0 Å². The number of nitrogens with zero attached hydrogens (tertiary/aromatic N) is 4. The Hall–Kier alpha value is -2.54. The average molecular weight is 371 g/mol. The van der Waals surface area contributed by atoms with E-state index >= 15 is 0 Å². The van der Waals surface area contributed by atoms with Gasteiger partial charge in [0.2, 0.25) is 0 Å². The van der Waals surface area contributed by atoms with Gasteiger partial charge in [0.1, 0.15) is 12.0 Å². The molecular formula is C20H29N5O2. The van der Waals surface area contributed by atoms with Gasteiger partial charge >= 0.3 is 0 Å². The molecule has 2 heterocycles. The second kappa shape index (κ2) is 9.97. The van der Waals surface area contributed by atoms with Gasteiger partial charge in [-0.15, -0.1) is 0 Å². The van der Waals surface area contributed by atoms with Gasteiger partial charge in [0.15, 0.2) is 5.96 Å². The Bertz CT molecular complexity index is 709. The van der Waals surface area contributed by atoms with Crippen molar-refractivity contribution in [1.29, 1.82) is 0 Å². The first-order chi connectivity index (χ1) is 13.3. The minimum absolute atomic E-state index is 0.844. The minimum Gasteiger partial charge on any atom is -0.497 e. The molecule has 1 fully saturated rings. The van der Waals surface area contributed by atoms with Crippen molar-refractivity contribution in [3.63, 3.8) is 0 Å². The van der Waals surface area contributed by atoms with E-state index in [1.807, 2.05) is 25.2 Å². The highest BCUT2D eigenvalue weighted by Gasteiger charge is 2.20. The number of hydrogen-bond donors (Lipinski definition) is 1. The van der Waals surface area contributed by atoms with Crippen molar-refractivity contribution in [3.05, 3.63) is 47.9 Å². The normalized spacial score (nSPS) is 15.8. The van der Waals surface area contributed by atoms with Crippen LogP contribution in [0.2, 0.25) is 0 Å². The molecule has 0 unspecified atom stereocenters. The fourth-order valence-electron chi connectivity index (χ4n) is 3.32. The third kappa shape index (κ3) is 5.72. The Morgan fingerprint density at radius 3 is 2.81 bits per heavy atom. The van der Waals surface area contributed by atoms with Crippen LogP contribution < -0.4 is 10.1 Å². The SMILES string of the molecule is CN=C(NCCCc1cccc(OC)c1)N1CCN(Cc2ccon2)CC1. The van der Waals surface area contributed by atoms with E-state index in [1.165, 1.54) is 5.56 Å². The summed E-state index contributed by atoms with van der Waals surface area (Å²) in [5.41, 5.74) is 2.29. The molecule has 3 rings (SSSR count). The van der Waals surface area contributed by atoms with E-state index < -0.39 is 0 Å². The van der Waals surface area contributed by atoms with Crippen LogP contribution in [-0.4, -0.2) is 67.8 Å². The van der Waals surface area contributed by atoms with Gasteiger partial charge < -0.3 is 19.5 Å². The number of ether oxygens (including phenoxy) is 1. The van der Waals surface area contributed by atoms with E-state index in [1.54, 1.807) is 13.4 Å². The molecule has 1 aromatic carbocycles. The second-order valence-corrected chi connectivity index (χ2v) is 6.68. The van der Waals surface area contributed by atoms with E-state index in [-0.39, 0.29) is 0 Å². The zero-order valence-corrected chi connectivity index (χ0v) is 16.2. The number of rotatable bonds is 7. The van der Waals surface area contributed by atoms with Crippen LogP contribution in [0.25, 0.3) is 0 Å². The van der Waals surface area contributed by atoms with Gasteiger partial charge in [0, 0.05) is 52.4 Å². The van der Waals surface area contributed by atoms with Crippen molar-refractivity contribution in [2.24, 2.45) is 4.99 Å². The molecule has 146 valence electrons. The number of benzene rings is 1. The molecule has 1 aliphatic heterocycles. The van der Waals surface area contributed by atoms with Crippen molar-refractivity contribution in [2.45, 2.75) is 19.4 Å². The van der Waals surface area contributed by atoms with Crippen molar-refractivity contribution < 1.29 is 9.26 Å². The Balaban J connectivity index is 1.38. The number of piperazine rings is 1. The van der Waals surface area contributed by atoms with E-state index in [0.29, 0.717) is 0 Å². The molecule has 27 heavy (non-hydrogen) atoms. The first-order valence-corrected chi connectivity index (χ1v) is 9.48. The molecule has 1 saturated heterocycles. The molecule has 0 amide bonds. The summed E-state index contributed by atoms with van der Waals surface area (Å²) in [4.78, 5) is 9.17. The van der Waals surface area contributed by atoms with Gasteiger partial charge in [-0.3, -0.25) is 9.89 Å². The van der Waals surface area contributed by atoms with E-state index in [4.69, 9.17) is 9.26 Å². The summed E-state index contributed by atoms with van der Waals surface area (Å²) in [6.07, 6.45) is 3.70. The Morgan fingerprint density at radius 2 is 2.11 bits per heavy atom. The lowest BCUT2D eigenvalue weighted by atomic mass is 10.1. The van der Waals surface area contributed by atoms with Crippen LogP contribution in [0.5, 0.6) is 5.75 Å². The number of guanidine groups is 1. The number of aliphatic imine (C=N–C) groups is 1. The van der Waals surface area contributed by atoms with Gasteiger partial charge in [0.05, 0.1) is 12.8 Å². The largest absolute Gasteiger partial charge is 0.497 e. The number of hydrogen-bond acceptors (Lipinski definition) is 5. The number of nitrogens with one attached hydrogen (secondary N) is 1. The molecule has 0 spiro atoms. The summed E-state index contributed by atoms with van der Waals surface area (Å²) in [6, 6.07) is 10.2. The monoisotopic (exact) mass is 371 g/mol. The summed E-state index contributed by atoms with van der Waals surface area (Å²) >= 11 is 0. The van der Waals surface area contributed by atoms with Crippen LogP contribution in [0.15, 0.2) is 46.1 Å². The zero-order valence-electron chi connectivity index (χ0n) is 16.2. The highest BCUT2D eigenvalue weighted by Crippen LogP contribution is 2.13. The lowest BCUT2D eigenvalue weighted by molar-refractivity contribution is 0.169. The smallest absolute Gasteiger partial charge is 0.193 e. The van der Waals surface area contributed by atoms with E-state index in [2.05, 4.69) is 37.4 Å². The standard InChI is InChI=1S/C20H29N5O2/c1-21-20(22-9-4-6-17-5-3-7-19(15-17)26-2)25-12-10-24(11-13-25)16-18-8-14-27-23-18/h3,5,7-8,14-15H,4,6,9-13,16H2,1-2H3,(H,21,22). The van der Waals surface area contributed by atoms with Gasteiger partial charge in [-0.25, -0.2) is 0 Å². The highest BCUT2D eigenvalue weighted by atomic mass is 16.5. The van der Waals surface area contributed by atoms with Gasteiger partial charge in [0.25, 0.3) is 0 Å². The molecule has 7 heteroatoms. The maximum absolute atomic E-state index is 5.28. The van der Waals surface area contributed by atoms with Crippen molar-refractivity contribution in [2.75, 3.05) is 46.9 Å². The van der Waals surface area contributed by atoms with Crippen LogP contribution in [0.4, 0.5) is 0 Å². The molecule has 2 aromatic rings. The van der Waals surface area contributed by atoms with Crippen LogP contribution in [0.1, 0.15) is 17.7 Å². The Labute approximate surface area is 161 Å². The summed E-state index contributed by atoms with van der Waals surface area (Å²) < 4.78 is 10.2. The highest BCUT2D eigenvalue weighted by molar-refractivity contribution is 5.79. The van der Waals surface area contributed by atoms with E-state index in [9.17, 15) is 0 Å². The lowest BCUT2D eigenvalue weighted by Crippen LogP contribution is -2.52. The predicted molar refractivity (Wildman–Crippen MR) is 106 cm³/mol. The minimum atomic E-state index is 0.844. The molecule has 0 radical (unpaired) electrons. The van der Waals surface area contributed by atoms with Crippen molar-refractivity contribution >= 4 is 5.96 Å². The topological polar surface area (TPSA) is 66.1 Å². The molecule has 7 nitrogen and oxygen atoms in total. The van der Waals surface area contributed by atoms with Crippen LogP contribution in [-0.2, 0) is 13.0 Å². The third-order valence-corrected chi connectivity index (χ3v) is 4.82. The third-order valence-electron chi connectivity index (χ3n) is 4.82. The Morgan fingerprint density at radius 1 is 1.26 bits per heavy atom. The van der Waals surface area contributed by atoms with Crippen molar-refractivity contribution in [3.8, 4) is 5.75 Å². The molecule has 1 N–H and O–H groups in total. The fraction of sp³-hybridized carbons (Fsp3) is 0.500. The lowest BCUT2D eigenvalue weighted by Gasteiger charge is -2.36. The predicted octanol–water partition coefficient (Wildman–Crippen LogP) is 2.01. The maximum Gasteiger partial charge on any atom is 0.193 e. The Kier molecular flexibility index (Phi) is 7.10. The fourth-order valence-corrected chi connectivity index (χ4v) is 3.32. The number of aromatic nitrogens is 1. The summed E-state index contributed by atoms with van der Waals surface area (Å²) in [7, 11) is 3.56. The molecule has 1 aliphatic rings. The van der Waals surface area contributed by atoms with E-state index in [0.717, 1.165) is 69.5 Å². The van der Waals surface area contributed by atoms with Gasteiger partial charge in [-0.05, 0) is 30.5 Å². The van der Waals surface area contributed by atoms with Gasteiger partial charge in [-0.2, -0.15) is 0 Å². The summed E-state index contributed by atoms with van der Waals surface area (Å²) in [6.45, 7) is 5.68. The number of methoxy groups -OCH3 is 1. The molecule has 1 aromatic heterocycles. The maximum atomic E-state index is 5.28. The van der Waals surface area contributed by atoms with Crippen LogP contribution in [0, 0.1) is 0 Å². The average Bonchev–Trinajstić information content (AvgIpc) is 3.22. The first-order valence-electron chi connectivity index (χ1n) is 9.48. The quantitative estimate of drug-likeness (QED) is 0.456. The molecule has 0 saturated carbocycles. The second-order valence-electron chi connectivity index (χ2n) is 6.68. The molecule has 0 bridgehead atoms. The molecule has 0 aliphatic carbocycles. The summed E-state index contributed by atoms with van der Waals surface area (Å²) in [5.74, 6) is 1.90. The van der Waals surface area contributed by atoms with Crippen LogP contribution in [0.3, 0.4) is 0 Å². The zero-order chi connectivity index (χ0) is 18.9. The first kappa shape index (κ1) is 19.2. The number of aryl methyl sites for hydroxylation is 1.